The number of aromatic nitrogens is 2. The fourth-order valence-corrected chi connectivity index (χ4v) is 5.16. The van der Waals surface area contributed by atoms with E-state index >= 15 is 0 Å². The molecule has 1 aliphatic heterocycles. The summed E-state index contributed by atoms with van der Waals surface area (Å²) in [6.45, 7) is 5.04. The van der Waals surface area contributed by atoms with Crippen molar-refractivity contribution >= 4 is 17.1 Å². The maximum atomic E-state index is 13.1. The van der Waals surface area contributed by atoms with Crippen LogP contribution in [0.2, 0.25) is 0 Å². The summed E-state index contributed by atoms with van der Waals surface area (Å²) in [5, 5.41) is 0. The van der Waals surface area contributed by atoms with Crippen LogP contribution in [-0.2, 0) is 17.8 Å². The highest BCUT2D eigenvalue weighted by Gasteiger charge is 2.28. The molecule has 2 atom stereocenters. The maximum Gasteiger partial charge on any atom is 0.409 e. The Bertz CT molecular complexity index is 1320. The maximum absolute atomic E-state index is 13.1. The zero-order valence-electron chi connectivity index (χ0n) is 21.3. The lowest BCUT2D eigenvalue weighted by Crippen LogP contribution is -2.44. The van der Waals surface area contributed by atoms with Crippen LogP contribution in [0.1, 0.15) is 36.9 Å². The number of hydrogen-bond donors (Lipinski definition) is 1. The molecule has 7 heteroatoms. The monoisotopic (exact) mass is 498 g/mol. The quantitative estimate of drug-likeness (QED) is 0.363. The van der Waals surface area contributed by atoms with Crippen molar-refractivity contribution in [3.8, 4) is 0 Å². The van der Waals surface area contributed by atoms with E-state index in [1.165, 1.54) is 11.1 Å². The highest BCUT2D eigenvalue weighted by atomic mass is 16.6. The molecule has 0 radical (unpaired) electrons. The number of carbonyl (C=O) groups excluding carboxylic acids is 1. The number of imidazole rings is 1. The largest absolute Gasteiger partial charge is 0.448 e. The predicted octanol–water partition coefficient (Wildman–Crippen LogP) is 5.19. The Balaban J connectivity index is 1.23. The highest BCUT2D eigenvalue weighted by molar-refractivity contribution is 5.75. The normalized spacial score (nSPS) is 16.7. The van der Waals surface area contributed by atoms with Gasteiger partial charge in [-0.15, -0.1) is 0 Å². The van der Waals surface area contributed by atoms with Gasteiger partial charge < -0.3 is 14.6 Å². The van der Waals surface area contributed by atoms with Crippen molar-refractivity contribution in [1.29, 1.82) is 0 Å². The molecule has 2 heterocycles. The number of nitrogens with zero attached hydrogens (tertiary/aromatic N) is 3. The number of ether oxygens (including phenoxy) is 1. The van der Waals surface area contributed by atoms with Gasteiger partial charge in [0.1, 0.15) is 6.61 Å². The molecule has 5 rings (SSSR count). The summed E-state index contributed by atoms with van der Waals surface area (Å²) in [5.74, 6) is 0. The Morgan fingerprint density at radius 2 is 1.59 bits per heavy atom. The second kappa shape index (κ2) is 11.5. The van der Waals surface area contributed by atoms with Crippen LogP contribution in [0.15, 0.2) is 89.7 Å². The minimum atomic E-state index is -0.316. The van der Waals surface area contributed by atoms with E-state index < -0.39 is 0 Å². The average Bonchev–Trinajstić information content (AvgIpc) is 3.28. The number of rotatable bonds is 8. The molecule has 1 N–H and O–H groups in total. The van der Waals surface area contributed by atoms with E-state index in [0.29, 0.717) is 19.7 Å². The Kier molecular flexibility index (Phi) is 7.70. The van der Waals surface area contributed by atoms with Gasteiger partial charge in [0.15, 0.2) is 0 Å². The van der Waals surface area contributed by atoms with Gasteiger partial charge in [-0.1, -0.05) is 72.8 Å². The Morgan fingerprint density at radius 3 is 2.27 bits per heavy atom. The van der Waals surface area contributed by atoms with Crippen LogP contribution in [0.25, 0.3) is 11.0 Å². The van der Waals surface area contributed by atoms with Crippen molar-refractivity contribution in [2.45, 2.75) is 44.9 Å². The lowest BCUT2D eigenvalue weighted by molar-refractivity contribution is 0.0549. The van der Waals surface area contributed by atoms with Crippen LogP contribution in [0.3, 0.4) is 0 Å². The third kappa shape index (κ3) is 5.94. The summed E-state index contributed by atoms with van der Waals surface area (Å²) in [4.78, 5) is 32.8. The molecule has 0 spiro atoms. The first-order valence-electron chi connectivity index (χ1n) is 13.0. The third-order valence-electron chi connectivity index (χ3n) is 7.17. The van der Waals surface area contributed by atoms with Crippen molar-refractivity contribution in [3.05, 3.63) is 107 Å². The number of likely N-dealkylation sites (tertiary alicyclic amines) is 1. The Morgan fingerprint density at radius 1 is 0.973 bits per heavy atom. The van der Waals surface area contributed by atoms with Gasteiger partial charge >= 0.3 is 11.8 Å². The Hall–Kier alpha value is -3.84. The standard InChI is InChI=1S/C30H34N4O3/c1-23(33(19-24-11-4-2-5-12-24)20-25-13-6-3-7-14-25)22-37-30(36)32-18-10-15-26(21-32)34-28-17-9-8-16-27(28)31-29(34)35/h2-9,11-14,16-17,23,26H,10,15,18-22H2,1H3,(H,31,35)/t23?,26-/m0/s1. The number of hydrogen-bond acceptors (Lipinski definition) is 4. The van der Waals surface area contributed by atoms with E-state index in [1.54, 1.807) is 9.47 Å². The van der Waals surface area contributed by atoms with E-state index in [1.807, 2.05) is 60.7 Å². The lowest BCUT2D eigenvalue weighted by Gasteiger charge is -2.34. The van der Waals surface area contributed by atoms with Crippen molar-refractivity contribution in [2.24, 2.45) is 0 Å². The lowest BCUT2D eigenvalue weighted by atomic mass is 10.1. The average molecular weight is 499 g/mol. The molecule has 7 nitrogen and oxygen atoms in total. The number of para-hydroxylation sites is 2. The minimum Gasteiger partial charge on any atom is -0.448 e. The van der Waals surface area contributed by atoms with Gasteiger partial charge in [0.2, 0.25) is 0 Å². The van der Waals surface area contributed by atoms with Gasteiger partial charge in [-0.2, -0.15) is 0 Å². The third-order valence-corrected chi connectivity index (χ3v) is 7.17. The minimum absolute atomic E-state index is 0.0289. The van der Waals surface area contributed by atoms with E-state index in [9.17, 15) is 9.59 Å². The molecular weight excluding hydrogens is 464 g/mol. The molecular formula is C30H34N4O3. The van der Waals surface area contributed by atoms with Crippen LogP contribution >= 0.6 is 0 Å². The first kappa shape index (κ1) is 24.8. The zero-order chi connectivity index (χ0) is 25.6. The zero-order valence-corrected chi connectivity index (χ0v) is 21.3. The molecule has 0 aliphatic carbocycles. The summed E-state index contributed by atoms with van der Waals surface area (Å²) in [6, 6.07) is 28.4. The second-order valence-electron chi connectivity index (χ2n) is 9.86. The number of carbonyl (C=O) groups is 1. The SMILES string of the molecule is CC(COC(=O)N1CCC[C@H](n2c(=O)[nH]c3ccccc32)C1)N(Cc1ccccc1)Cc1ccccc1. The molecule has 1 aromatic heterocycles. The fraction of sp³-hybridized carbons (Fsp3) is 0.333. The molecule has 4 aromatic rings. The first-order chi connectivity index (χ1) is 18.1. The summed E-state index contributed by atoms with van der Waals surface area (Å²) >= 11 is 0. The van der Waals surface area contributed by atoms with Crippen LogP contribution < -0.4 is 5.69 Å². The molecule has 192 valence electrons. The number of piperidine rings is 1. The van der Waals surface area contributed by atoms with Crippen LogP contribution in [-0.4, -0.2) is 51.2 Å². The number of benzene rings is 3. The van der Waals surface area contributed by atoms with Crippen LogP contribution in [0.4, 0.5) is 4.79 Å². The second-order valence-corrected chi connectivity index (χ2v) is 9.86. The van der Waals surface area contributed by atoms with E-state index in [-0.39, 0.29) is 23.9 Å². The molecule has 37 heavy (non-hydrogen) atoms. The van der Waals surface area contributed by atoms with Crippen molar-refractivity contribution < 1.29 is 9.53 Å². The van der Waals surface area contributed by atoms with Gasteiger partial charge in [-0.3, -0.25) is 9.47 Å². The molecule has 0 saturated carbocycles. The molecule has 3 aromatic carbocycles. The van der Waals surface area contributed by atoms with Crippen LogP contribution in [0, 0.1) is 0 Å². The molecule has 0 bridgehead atoms. The summed E-state index contributed by atoms with van der Waals surface area (Å²) in [5.41, 5.74) is 4.00. The predicted molar refractivity (Wildman–Crippen MR) is 145 cm³/mol. The molecule has 1 aliphatic rings. The van der Waals surface area contributed by atoms with Gasteiger partial charge in [-0.05, 0) is 43.0 Å². The molecule has 1 fully saturated rings. The number of fused-ring (bicyclic) bond motifs is 1. The Labute approximate surface area is 217 Å². The van der Waals surface area contributed by atoms with E-state index in [2.05, 4.69) is 41.1 Å². The van der Waals surface area contributed by atoms with Gasteiger partial charge in [0.25, 0.3) is 0 Å². The van der Waals surface area contributed by atoms with Gasteiger partial charge in [0, 0.05) is 32.2 Å². The number of nitrogens with one attached hydrogen (secondary N) is 1. The van der Waals surface area contributed by atoms with Gasteiger partial charge in [0.05, 0.1) is 17.1 Å². The summed E-state index contributed by atoms with van der Waals surface area (Å²) in [7, 11) is 0. The summed E-state index contributed by atoms with van der Waals surface area (Å²) in [6.07, 6.45) is 1.36. The highest BCUT2D eigenvalue weighted by Crippen LogP contribution is 2.24. The molecule has 1 unspecified atom stereocenters. The number of amides is 1. The first-order valence-corrected chi connectivity index (χ1v) is 13.0. The topological polar surface area (TPSA) is 70.6 Å². The van der Waals surface area contributed by atoms with E-state index in [4.69, 9.17) is 4.74 Å². The van der Waals surface area contributed by atoms with Gasteiger partial charge in [-0.25, -0.2) is 9.59 Å². The van der Waals surface area contributed by atoms with E-state index in [0.717, 1.165) is 37.0 Å². The van der Waals surface area contributed by atoms with Crippen molar-refractivity contribution in [3.63, 3.8) is 0 Å². The number of aromatic amines is 1. The van der Waals surface area contributed by atoms with Crippen molar-refractivity contribution in [2.75, 3.05) is 19.7 Å². The molecule has 1 saturated heterocycles. The summed E-state index contributed by atoms with van der Waals surface area (Å²) < 4.78 is 7.62. The smallest absolute Gasteiger partial charge is 0.409 e. The number of H-pyrrole nitrogens is 1. The molecule has 1 amide bonds. The fourth-order valence-electron chi connectivity index (χ4n) is 5.16. The van der Waals surface area contributed by atoms with Crippen LogP contribution in [0.5, 0.6) is 0 Å². The van der Waals surface area contributed by atoms with Crippen molar-refractivity contribution in [1.82, 2.24) is 19.4 Å².